The monoisotopic (exact) mass is 181 g/mol. The van der Waals surface area contributed by atoms with Crippen molar-refractivity contribution in [2.24, 2.45) is 0 Å². The quantitative estimate of drug-likeness (QED) is 0.720. The summed E-state index contributed by atoms with van der Waals surface area (Å²) >= 11 is 0. The highest BCUT2D eigenvalue weighted by molar-refractivity contribution is 5.75. The maximum Gasteiger partial charge on any atom is 0.223 e. The molecule has 0 radical (unpaired) electrons. The van der Waals surface area contributed by atoms with E-state index < -0.39 is 5.43 Å². The highest BCUT2D eigenvalue weighted by Crippen LogP contribution is 2.08. The molecular weight excluding hydrogens is 170 g/mol. The SMILES string of the molecule is CC(=O)Cn1ccc(=O)c(O)c1C. The average molecular weight is 181 g/mol. The molecule has 4 heteroatoms. The number of carbonyl (C=O) groups excluding carboxylic acids is 1. The predicted octanol–water partition coefficient (Wildman–Crippen LogP) is 0.451. The smallest absolute Gasteiger partial charge is 0.223 e. The number of nitrogens with zero attached hydrogens (tertiary/aromatic N) is 1. The van der Waals surface area contributed by atoms with Gasteiger partial charge in [0.15, 0.2) is 5.75 Å². The van der Waals surface area contributed by atoms with Gasteiger partial charge in [-0.1, -0.05) is 0 Å². The lowest BCUT2D eigenvalue weighted by Crippen LogP contribution is -2.13. The van der Waals surface area contributed by atoms with Crippen LogP contribution in [0.2, 0.25) is 0 Å². The molecule has 1 heterocycles. The molecule has 4 nitrogen and oxygen atoms in total. The molecule has 0 spiro atoms. The topological polar surface area (TPSA) is 59.3 Å². The van der Waals surface area contributed by atoms with Crippen LogP contribution in [0.25, 0.3) is 0 Å². The first-order valence-corrected chi connectivity index (χ1v) is 3.91. The van der Waals surface area contributed by atoms with Crippen LogP contribution in [0.3, 0.4) is 0 Å². The highest BCUT2D eigenvalue weighted by atomic mass is 16.3. The van der Waals surface area contributed by atoms with Gasteiger partial charge in [-0.15, -0.1) is 0 Å². The summed E-state index contributed by atoms with van der Waals surface area (Å²) in [4.78, 5) is 21.7. The minimum absolute atomic E-state index is 0.0221. The summed E-state index contributed by atoms with van der Waals surface area (Å²) in [5.74, 6) is -0.310. The summed E-state index contributed by atoms with van der Waals surface area (Å²) in [7, 11) is 0. The third-order valence-corrected chi connectivity index (χ3v) is 1.81. The van der Waals surface area contributed by atoms with E-state index in [0.717, 1.165) is 0 Å². The summed E-state index contributed by atoms with van der Waals surface area (Å²) < 4.78 is 1.54. The largest absolute Gasteiger partial charge is 0.503 e. The van der Waals surface area contributed by atoms with Gasteiger partial charge in [-0.2, -0.15) is 0 Å². The van der Waals surface area contributed by atoms with Gasteiger partial charge in [-0.25, -0.2) is 0 Å². The fourth-order valence-electron chi connectivity index (χ4n) is 1.07. The van der Waals surface area contributed by atoms with Gasteiger partial charge in [0.05, 0.1) is 12.2 Å². The molecule has 1 rings (SSSR count). The van der Waals surface area contributed by atoms with E-state index in [1.54, 1.807) is 11.5 Å². The second-order valence-electron chi connectivity index (χ2n) is 2.94. The maximum absolute atomic E-state index is 10.9. The first-order chi connectivity index (χ1) is 6.02. The van der Waals surface area contributed by atoms with Gasteiger partial charge < -0.3 is 9.67 Å². The third kappa shape index (κ3) is 1.96. The Kier molecular flexibility index (Phi) is 2.51. The van der Waals surface area contributed by atoms with Gasteiger partial charge in [0, 0.05) is 12.3 Å². The molecule has 1 aromatic heterocycles. The highest BCUT2D eigenvalue weighted by Gasteiger charge is 2.05. The second kappa shape index (κ2) is 3.43. The van der Waals surface area contributed by atoms with Crippen molar-refractivity contribution in [3.05, 3.63) is 28.2 Å². The first-order valence-electron chi connectivity index (χ1n) is 3.91. The number of hydrogen-bond donors (Lipinski definition) is 1. The van der Waals surface area contributed by atoms with E-state index in [-0.39, 0.29) is 18.1 Å². The zero-order valence-corrected chi connectivity index (χ0v) is 7.57. The van der Waals surface area contributed by atoms with Crippen molar-refractivity contribution >= 4 is 5.78 Å². The molecule has 0 bridgehead atoms. The number of ketones is 1. The number of Topliss-reactive ketones (excluding diaryl/α,β-unsaturated/α-hetero) is 1. The van der Waals surface area contributed by atoms with Crippen molar-refractivity contribution in [2.75, 3.05) is 0 Å². The van der Waals surface area contributed by atoms with Crippen LogP contribution in [-0.4, -0.2) is 15.5 Å². The molecule has 0 atom stereocenters. The van der Waals surface area contributed by atoms with E-state index in [9.17, 15) is 14.7 Å². The normalized spacial score (nSPS) is 10.0. The fraction of sp³-hybridized carbons (Fsp3) is 0.333. The van der Waals surface area contributed by atoms with Gasteiger partial charge in [0.2, 0.25) is 5.43 Å². The van der Waals surface area contributed by atoms with Crippen LogP contribution in [0.1, 0.15) is 12.6 Å². The molecule has 0 fully saturated rings. The Balaban J connectivity index is 3.18. The van der Waals surface area contributed by atoms with E-state index in [1.165, 1.54) is 19.2 Å². The van der Waals surface area contributed by atoms with E-state index >= 15 is 0 Å². The first kappa shape index (κ1) is 9.51. The molecule has 0 aliphatic rings. The molecule has 0 saturated heterocycles. The van der Waals surface area contributed by atoms with Crippen LogP contribution in [0.15, 0.2) is 17.1 Å². The molecule has 70 valence electrons. The molecule has 1 N–H and O–H groups in total. The zero-order valence-electron chi connectivity index (χ0n) is 7.57. The van der Waals surface area contributed by atoms with Crippen molar-refractivity contribution in [1.29, 1.82) is 0 Å². The number of aromatic hydroxyl groups is 1. The Morgan fingerprint density at radius 2 is 2.23 bits per heavy atom. The van der Waals surface area contributed by atoms with Crippen LogP contribution in [0.5, 0.6) is 5.75 Å². The molecule has 0 amide bonds. The van der Waals surface area contributed by atoms with Gasteiger partial charge in [0.25, 0.3) is 0 Å². The summed E-state index contributed by atoms with van der Waals surface area (Å²) in [6, 6.07) is 1.24. The van der Waals surface area contributed by atoms with Crippen molar-refractivity contribution in [3.63, 3.8) is 0 Å². The Hall–Kier alpha value is -1.58. The van der Waals surface area contributed by atoms with Crippen LogP contribution in [-0.2, 0) is 11.3 Å². The lowest BCUT2D eigenvalue weighted by Gasteiger charge is -2.08. The number of aromatic nitrogens is 1. The van der Waals surface area contributed by atoms with Gasteiger partial charge >= 0.3 is 0 Å². The van der Waals surface area contributed by atoms with Crippen molar-refractivity contribution in [3.8, 4) is 5.75 Å². The number of hydrogen-bond acceptors (Lipinski definition) is 3. The van der Waals surface area contributed by atoms with Crippen LogP contribution >= 0.6 is 0 Å². The van der Waals surface area contributed by atoms with E-state index in [4.69, 9.17) is 0 Å². The summed E-state index contributed by atoms with van der Waals surface area (Å²) in [6.07, 6.45) is 1.50. The lowest BCUT2D eigenvalue weighted by atomic mass is 10.3. The zero-order chi connectivity index (χ0) is 10.0. The molecule has 0 unspecified atom stereocenters. The molecule has 13 heavy (non-hydrogen) atoms. The summed E-state index contributed by atoms with van der Waals surface area (Å²) in [5, 5.41) is 9.26. The minimum Gasteiger partial charge on any atom is -0.503 e. The Morgan fingerprint density at radius 3 is 2.77 bits per heavy atom. The number of rotatable bonds is 2. The molecule has 0 saturated carbocycles. The van der Waals surface area contributed by atoms with Crippen molar-refractivity contribution in [1.82, 2.24) is 4.57 Å². The standard InChI is InChI=1S/C9H11NO3/c1-6(11)5-10-4-3-8(12)9(13)7(10)2/h3-4,13H,5H2,1-2H3. The van der Waals surface area contributed by atoms with Crippen LogP contribution in [0.4, 0.5) is 0 Å². The molecule has 1 aromatic rings. The fourth-order valence-corrected chi connectivity index (χ4v) is 1.07. The van der Waals surface area contributed by atoms with Crippen molar-refractivity contribution < 1.29 is 9.90 Å². The minimum atomic E-state index is -0.419. The van der Waals surface area contributed by atoms with Crippen LogP contribution in [0, 0.1) is 6.92 Å². The van der Waals surface area contributed by atoms with Crippen LogP contribution < -0.4 is 5.43 Å². The average Bonchev–Trinajstić information content (AvgIpc) is 2.06. The molecule has 0 aliphatic carbocycles. The Bertz CT molecular complexity index is 392. The Morgan fingerprint density at radius 1 is 1.62 bits per heavy atom. The maximum atomic E-state index is 10.9. The second-order valence-corrected chi connectivity index (χ2v) is 2.94. The molecule has 0 aromatic carbocycles. The number of pyridine rings is 1. The molecular formula is C9H11NO3. The number of carbonyl (C=O) groups is 1. The van der Waals surface area contributed by atoms with Gasteiger partial charge in [-0.05, 0) is 13.8 Å². The van der Waals surface area contributed by atoms with Crippen molar-refractivity contribution in [2.45, 2.75) is 20.4 Å². The third-order valence-electron chi connectivity index (χ3n) is 1.81. The Labute approximate surface area is 75.4 Å². The molecule has 0 aliphatic heterocycles. The van der Waals surface area contributed by atoms with E-state index in [2.05, 4.69) is 0 Å². The predicted molar refractivity (Wildman–Crippen MR) is 47.8 cm³/mol. The van der Waals surface area contributed by atoms with E-state index in [0.29, 0.717) is 5.69 Å². The summed E-state index contributed by atoms with van der Waals surface area (Å²) in [5.41, 5.74) is 0.00000189. The van der Waals surface area contributed by atoms with Gasteiger partial charge in [-0.3, -0.25) is 9.59 Å². The van der Waals surface area contributed by atoms with Gasteiger partial charge in [0.1, 0.15) is 5.78 Å². The summed E-state index contributed by atoms with van der Waals surface area (Å²) in [6.45, 7) is 3.23. The van der Waals surface area contributed by atoms with E-state index in [1.807, 2.05) is 0 Å². The lowest BCUT2D eigenvalue weighted by molar-refractivity contribution is -0.117.